The third-order valence-electron chi connectivity index (χ3n) is 6.90. The molecule has 2 N–H and O–H groups in total. The summed E-state index contributed by atoms with van der Waals surface area (Å²) in [5.41, 5.74) is 1.87. The van der Waals surface area contributed by atoms with Gasteiger partial charge in [0.05, 0.1) is 31.0 Å². The second kappa shape index (κ2) is 9.50. The number of hydrogen-bond acceptors (Lipinski definition) is 6. The first kappa shape index (κ1) is 24.2. The van der Waals surface area contributed by atoms with E-state index in [0.29, 0.717) is 29.7 Å². The highest BCUT2D eigenvalue weighted by molar-refractivity contribution is 6.02. The number of nitrogens with one attached hydrogen (secondary N) is 1. The molecule has 1 aromatic carbocycles. The minimum Gasteiger partial charge on any atom is -0.496 e. The van der Waals surface area contributed by atoms with Gasteiger partial charge in [0.1, 0.15) is 22.7 Å². The maximum absolute atomic E-state index is 13.3. The number of pyridine rings is 1. The van der Waals surface area contributed by atoms with Crippen molar-refractivity contribution in [2.75, 3.05) is 20.3 Å². The molecule has 5 rings (SSSR count). The average Bonchev–Trinajstić information content (AvgIpc) is 3.79. The van der Waals surface area contributed by atoms with Gasteiger partial charge in [-0.2, -0.15) is 8.78 Å². The van der Waals surface area contributed by atoms with Gasteiger partial charge in [0.15, 0.2) is 5.78 Å². The van der Waals surface area contributed by atoms with Gasteiger partial charge in [0.2, 0.25) is 5.91 Å². The van der Waals surface area contributed by atoms with Crippen molar-refractivity contribution in [3.63, 3.8) is 0 Å². The van der Waals surface area contributed by atoms with E-state index in [2.05, 4.69) is 10.3 Å². The Morgan fingerprint density at radius 2 is 2.00 bits per heavy atom. The molecule has 190 valence electrons. The van der Waals surface area contributed by atoms with E-state index in [1.165, 1.54) is 13.2 Å². The topological polar surface area (TPSA) is 102 Å². The maximum Gasteiger partial charge on any atom is 0.387 e. The van der Waals surface area contributed by atoms with Crippen molar-refractivity contribution in [1.82, 2.24) is 14.7 Å². The number of rotatable bonds is 11. The molecular weight excluding hydrogens is 472 g/mol. The van der Waals surface area contributed by atoms with E-state index in [0.717, 1.165) is 18.4 Å². The van der Waals surface area contributed by atoms with Gasteiger partial charge in [0.25, 0.3) is 0 Å². The molecule has 8 nitrogen and oxygen atoms in total. The third kappa shape index (κ3) is 4.53. The lowest BCUT2D eigenvalue weighted by atomic mass is 9.96. The summed E-state index contributed by atoms with van der Waals surface area (Å²) in [6, 6.07) is 6.71. The highest BCUT2D eigenvalue weighted by Crippen LogP contribution is 2.49. The average molecular weight is 500 g/mol. The number of ketones is 1. The fourth-order valence-corrected chi connectivity index (χ4v) is 4.65. The van der Waals surface area contributed by atoms with Crippen LogP contribution in [0, 0.1) is 5.92 Å². The van der Waals surface area contributed by atoms with Gasteiger partial charge < -0.3 is 19.9 Å². The molecule has 3 aromatic rings. The molecule has 2 aliphatic rings. The van der Waals surface area contributed by atoms with Gasteiger partial charge in [-0.05, 0) is 61.4 Å². The molecule has 2 fully saturated rings. The number of benzene rings is 1. The van der Waals surface area contributed by atoms with Gasteiger partial charge in [0, 0.05) is 24.7 Å². The summed E-state index contributed by atoms with van der Waals surface area (Å²) in [7, 11) is 1.39. The lowest BCUT2D eigenvalue weighted by Crippen LogP contribution is -2.36. The Morgan fingerprint density at radius 3 is 2.64 bits per heavy atom. The van der Waals surface area contributed by atoms with Gasteiger partial charge in [-0.25, -0.2) is 4.98 Å². The molecular formula is C26H27F2N3O5. The molecule has 0 saturated heterocycles. The lowest BCUT2D eigenvalue weighted by molar-refractivity contribution is -0.123. The fourth-order valence-electron chi connectivity index (χ4n) is 4.65. The zero-order valence-corrected chi connectivity index (χ0v) is 19.8. The summed E-state index contributed by atoms with van der Waals surface area (Å²) < 4.78 is 38.5. The first-order chi connectivity index (χ1) is 17.4. The zero-order chi connectivity index (χ0) is 25.4. The van der Waals surface area contributed by atoms with E-state index < -0.39 is 12.0 Å². The number of carbonyl (C=O) groups is 2. The Morgan fingerprint density at radius 1 is 1.25 bits per heavy atom. The summed E-state index contributed by atoms with van der Waals surface area (Å²) in [4.78, 5) is 30.0. The molecule has 1 amide bonds. The van der Waals surface area contributed by atoms with Crippen LogP contribution in [0.2, 0.25) is 0 Å². The monoisotopic (exact) mass is 499 g/mol. The highest BCUT2D eigenvalue weighted by Gasteiger charge is 2.51. The van der Waals surface area contributed by atoms with Crippen LogP contribution in [0.15, 0.2) is 36.7 Å². The van der Waals surface area contributed by atoms with E-state index >= 15 is 0 Å². The van der Waals surface area contributed by atoms with E-state index in [1.807, 2.05) is 12.1 Å². The van der Waals surface area contributed by atoms with E-state index in [9.17, 15) is 18.4 Å². The summed E-state index contributed by atoms with van der Waals surface area (Å²) >= 11 is 0. The second-order valence-electron chi connectivity index (χ2n) is 9.35. The number of aliphatic hydroxyl groups is 1. The molecule has 2 heterocycles. The number of ether oxygens (including phenoxy) is 2. The lowest BCUT2D eigenvalue weighted by Gasteiger charge is -2.17. The Kier molecular flexibility index (Phi) is 6.38. The first-order valence-electron chi connectivity index (χ1n) is 11.9. The number of hydrogen-bond donors (Lipinski definition) is 2. The predicted octanol–water partition coefficient (Wildman–Crippen LogP) is 3.73. The number of carbonyl (C=O) groups excluding carboxylic acids is 2. The number of nitrogens with zero attached hydrogens (tertiary/aromatic N) is 2. The number of amides is 1. The van der Waals surface area contributed by atoms with Crippen molar-refractivity contribution < 1.29 is 33.0 Å². The molecule has 2 aromatic heterocycles. The van der Waals surface area contributed by atoms with Crippen LogP contribution in [0.25, 0.3) is 16.9 Å². The smallest absolute Gasteiger partial charge is 0.387 e. The first-order valence-corrected chi connectivity index (χ1v) is 11.9. The highest BCUT2D eigenvalue weighted by atomic mass is 19.3. The van der Waals surface area contributed by atoms with Crippen molar-refractivity contribution in [3.05, 3.63) is 47.8 Å². The molecule has 2 saturated carbocycles. The Bertz CT molecular complexity index is 1310. The van der Waals surface area contributed by atoms with Crippen LogP contribution in [0.4, 0.5) is 8.78 Å². The Balaban J connectivity index is 1.52. The SMILES string of the molecule is COc1cc(-c2cnc3cc(C4(C(=O)NCCO)CC4)ccn23)cc(OC(F)F)c1C(=O)CC1CC1. The summed E-state index contributed by atoms with van der Waals surface area (Å²) in [5.74, 6) is -0.201. The van der Waals surface area contributed by atoms with Gasteiger partial charge in [-0.3, -0.25) is 14.0 Å². The van der Waals surface area contributed by atoms with E-state index in [4.69, 9.17) is 14.6 Å². The molecule has 0 bridgehead atoms. The summed E-state index contributed by atoms with van der Waals surface area (Å²) in [6.07, 6.45) is 6.94. The minimum atomic E-state index is -3.10. The van der Waals surface area contributed by atoms with Gasteiger partial charge in [-0.1, -0.05) is 0 Å². The van der Waals surface area contributed by atoms with Crippen LogP contribution in [0.3, 0.4) is 0 Å². The number of Topliss-reactive ketones (excluding diaryl/α,β-unsaturated/α-hetero) is 1. The van der Waals surface area contributed by atoms with Crippen molar-refractivity contribution in [1.29, 1.82) is 0 Å². The molecule has 2 aliphatic carbocycles. The number of fused-ring (bicyclic) bond motifs is 1. The quantitative estimate of drug-likeness (QED) is 0.390. The molecule has 36 heavy (non-hydrogen) atoms. The normalized spacial score (nSPS) is 16.2. The standard InChI is InChI=1S/C26H27F2N3O5/c1-35-20-11-16(12-21(36-25(27)28)23(20)19(33)10-15-2-3-15)18-14-30-22-13-17(4-8-31(18)22)26(5-6-26)24(34)29-7-9-32/h4,8,11-15,25,32H,2-3,5-7,9-10H2,1H3,(H,29,34). The molecule has 0 radical (unpaired) electrons. The number of methoxy groups -OCH3 is 1. The van der Waals surface area contributed by atoms with Crippen LogP contribution < -0.4 is 14.8 Å². The summed E-state index contributed by atoms with van der Waals surface area (Å²) in [5, 5.41) is 11.8. The fraction of sp³-hybridized carbons (Fsp3) is 0.423. The number of aliphatic hydroxyl groups excluding tert-OH is 1. The van der Waals surface area contributed by atoms with Gasteiger partial charge >= 0.3 is 6.61 Å². The number of halogens is 2. The van der Waals surface area contributed by atoms with Crippen LogP contribution in [-0.2, 0) is 10.2 Å². The van der Waals surface area contributed by atoms with Crippen LogP contribution >= 0.6 is 0 Å². The molecule has 0 unspecified atom stereocenters. The molecule has 10 heteroatoms. The van der Waals surface area contributed by atoms with Crippen LogP contribution in [0.1, 0.15) is 48.0 Å². The van der Waals surface area contributed by atoms with E-state index in [1.54, 1.807) is 22.9 Å². The number of alkyl halides is 2. The number of aromatic nitrogens is 2. The largest absolute Gasteiger partial charge is 0.496 e. The summed E-state index contributed by atoms with van der Waals surface area (Å²) in [6.45, 7) is -3.04. The van der Waals surface area contributed by atoms with E-state index in [-0.39, 0.29) is 54.2 Å². The molecule has 0 aliphatic heterocycles. The van der Waals surface area contributed by atoms with Gasteiger partial charge in [-0.15, -0.1) is 0 Å². The van der Waals surface area contributed by atoms with Crippen LogP contribution in [-0.4, -0.2) is 53.1 Å². The third-order valence-corrected chi connectivity index (χ3v) is 6.90. The minimum absolute atomic E-state index is 0.0223. The predicted molar refractivity (Wildman–Crippen MR) is 126 cm³/mol. The zero-order valence-electron chi connectivity index (χ0n) is 19.8. The molecule has 0 spiro atoms. The maximum atomic E-state index is 13.3. The van der Waals surface area contributed by atoms with Crippen molar-refractivity contribution >= 4 is 17.3 Å². The van der Waals surface area contributed by atoms with Crippen molar-refractivity contribution in [3.8, 4) is 22.8 Å². The Hall–Kier alpha value is -3.53. The van der Waals surface area contributed by atoms with Crippen molar-refractivity contribution in [2.45, 2.75) is 44.1 Å². The van der Waals surface area contributed by atoms with Crippen LogP contribution in [0.5, 0.6) is 11.5 Å². The second-order valence-corrected chi connectivity index (χ2v) is 9.35. The molecule has 0 atom stereocenters. The van der Waals surface area contributed by atoms with Crippen molar-refractivity contribution in [2.24, 2.45) is 5.92 Å². The Labute approximate surface area is 206 Å². The number of imidazole rings is 1.